The minimum Gasteiger partial charge on any atom is -0.493 e. The Hall–Kier alpha value is -3.08. The highest BCUT2D eigenvalue weighted by atomic mass is 16.5. The lowest BCUT2D eigenvalue weighted by molar-refractivity contribution is -0.125. The lowest BCUT2D eigenvalue weighted by atomic mass is 9.96. The van der Waals surface area contributed by atoms with E-state index >= 15 is 0 Å². The van der Waals surface area contributed by atoms with E-state index in [4.69, 9.17) is 9.47 Å². The summed E-state index contributed by atoms with van der Waals surface area (Å²) in [5.41, 5.74) is 1.93. The molecular formula is C22H22N2O3. The number of benzene rings is 2. The molecule has 1 aliphatic heterocycles. The highest BCUT2D eigenvalue weighted by Gasteiger charge is 2.23. The van der Waals surface area contributed by atoms with E-state index in [9.17, 15) is 4.79 Å². The molecule has 0 spiro atoms. The molecule has 5 heteroatoms. The molecule has 5 nitrogen and oxygen atoms in total. The summed E-state index contributed by atoms with van der Waals surface area (Å²) in [5, 5.41) is 4.03. The lowest BCUT2D eigenvalue weighted by Gasteiger charge is -2.14. The Labute approximate surface area is 158 Å². The Bertz CT molecular complexity index is 936. The normalized spacial score (nSPS) is 16.1. The summed E-state index contributed by atoms with van der Waals surface area (Å²) in [6.45, 7) is 1.43. The van der Waals surface area contributed by atoms with Crippen molar-refractivity contribution in [3.05, 3.63) is 66.4 Å². The Morgan fingerprint density at radius 3 is 3.00 bits per heavy atom. The Kier molecular flexibility index (Phi) is 5.19. The Morgan fingerprint density at radius 2 is 2.04 bits per heavy atom. The first-order valence-electron chi connectivity index (χ1n) is 9.26. The van der Waals surface area contributed by atoms with Gasteiger partial charge < -0.3 is 14.8 Å². The third kappa shape index (κ3) is 4.03. The zero-order valence-corrected chi connectivity index (χ0v) is 15.1. The molecule has 0 fully saturated rings. The number of amides is 1. The van der Waals surface area contributed by atoms with Gasteiger partial charge in [-0.25, -0.2) is 0 Å². The Balaban J connectivity index is 1.31. The molecule has 0 bridgehead atoms. The quantitative estimate of drug-likeness (QED) is 0.707. The van der Waals surface area contributed by atoms with E-state index in [1.165, 1.54) is 0 Å². The number of aromatic nitrogens is 1. The molecule has 138 valence electrons. The number of nitrogens with one attached hydrogen (secondary N) is 1. The third-order valence-electron chi connectivity index (χ3n) is 4.79. The number of hydrogen-bond acceptors (Lipinski definition) is 4. The summed E-state index contributed by atoms with van der Waals surface area (Å²) < 4.78 is 11.6. The van der Waals surface area contributed by atoms with Crippen molar-refractivity contribution in [1.82, 2.24) is 10.3 Å². The number of rotatable bonds is 5. The average molecular weight is 362 g/mol. The summed E-state index contributed by atoms with van der Waals surface area (Å²) in [4.78, 5) is 16.9. The van der Waals surface area contributed by atoms with E-state index in [0.29, 0.717) is 32.6 Å². The average Bonchev–Trinajstić information content (AvgIpc) is 2.93. The molecule has 4 rings (SSSR count). The van der Waals surface area contributed by atoms with Crippen LogP contribution in [0.3, 0.4) is 0 Å². The van der Waals surface area contributed by atoms with E-state index in [0.717, 1.165) is 28.0 Å². The molecule has 3 aromatic rings. The summed E-state index contributed by atoms with van der Waals surface area (Å²) >= 11 is 0. The van der Waals surface area contributed by atoms with Crippen LogP contribution >= 0.6 is 0 Å². The fraction of sp³-hybridized carbons (Fsp3) is 0.273. The van der Waals surface area contributed by atoms with Crippen LogP contribution in [0.5, 0.6) is 11.5 Å². The Morgan fingerprint density at radius 1 is 1.15 bits per heavy atom. The van der Waals surface area contributed by atoms with Crippen molar-refractivity contribution in [2.75, 3.05) is 19.8 Å². The smallest absolute Gasteiger partial charge is 0.223 e. The number of carbonyl (C=O) groups excluding carboxylic acids is 1. The zero-order chi connectivity index (χ0) is 18.5. The fourth-order valence-electron chi connectivity index (χ4n) is 3.39. The summed E-state index contributed by atoms with van der Waals surface area (Å²) in [6, 6.07) is 17.7. The maximum atomic E-state index is 12.5. The lowest BCUT2D eigenvalue weighted by Crippen LogP contribution is -2.35. The van der Waals surface area contributed by atoms with Crippen LogP contribution in [0.1, 0.15) is 12.0 Å². The minimum absolute atomic E-state index is 0.0509. The van der Waals surface area contributed by atoms with Gasteiger partial charge in [0.15, 0.2) is 0 Å². The molecule has 0 saturated carbocycles. The van der Waals surface area contributed by atoms with Gasteiger partial charge in [-0.3, -0.25) is 9.78 Å². The van der Waals surface area contributed by atoms with E-state index in [1.807, 2.05) is 54.6 Å². The van der Waals surface area contributed by atoms with Crippen molar-refractivity contribution < 1.29 is 14.3 Å². The zero-order valence-electron chi connectivity index (χ0n) is 15.1. The van der Waals surface area contributed by atoms with E-state index < -0.39 is 0 Å². The number of fused-ring (bicyclic) bond motifs is 2. The molecule has 1 amide bonds. The van der Waals surface area contributed by atoms with Crippen LogP contribution < -0.4 is 14.8 Å². The number of hydrogen-bond donors (Lipinski definition) is 1. The number of ether oxygens (including phenoxy) is 2. The van der Waals surface area contributed by atoms with Crippen LogP contribution in [0.2, 0.25) is 0 Å². The van der Waals surface area contributed by atoms with Gasteiger partial charge in [0.05, 0.1) is 13.2 Å². The van der Waals surface area contributed by atoms with Crippen molar-refractivity contribution in [2.24, 2.45) is 5.92 Å². The standard InChI is InChI=1S/C22H22N2O3/c25-22(18-10-13-26-19-8-2-1-5-17(19)15-18)24-12-14-27-20-9-3-6-16-7-4-11-23-21(16)20/h1-9,11,18H,10,12-15H2,(H,24,25). The second-order valence-electron chi connectivity index (χ2n) is 6.62. The van der Waals surface area contributed by atoms with Gasteiger partial charge >= 0.3 is 0 Å². The second kappa shape index (κ2) is 8.08. The van der Waals surface area contributed by atoms with Gasteiger partial charge in [0.2, 0.25) is 5.91 Å². The predicted molar refractivity (Wildman–Crippen MR) is 104 cm³/mol. The van der Waals surface area contributed by atoms with Crippen LogP contribution in [0.4, 0.5) is 0 Å². The van der Waals surface area contributed by atoms with Crippen LogP contribution in [0.25, 0.3) is 10.9 Å². The molecule has 1 unspecified atom stereocenters. The van der Waals surface area contributed by atoms with Crippen LogP contribution in [0.15, 0.2) is 60.8 Å². The number of pyridine rings is 1. The van der Waals surface area contributed by atoms with Crippen molar-refractivity contribution in [2.45, 2.75) is 12.8 Å². The summed E-state index contributed by atoms with van der Waals surface area (Å²) in [7, 11) is 0. The largest absolute Gasteiger partial charge is 0.493 e. The van der Waals surface area contributed by atoms with E-state index in [-0.39, 0.29) is 11.8 Å². The third-order valence-corrected chi connectivity index (χ3v) is 4.79. The monoisotopic (exact) mass is 362 g/mol. The summed E-state index contributed by atoms with van der Waals surface area (Å²) in [5.74, 6) is 1.60. The van der Waals surface area contributed by atoms with Gasteiger partial charge in [-0.1, -0.05) is 36.4 Å². The van der Waals surface area contributed by atoms with Crippen molar-refractivity contribution in [3.63, 3.8) is 0 Å². The predicted octanol–water partition coefficient (Wildman–Crippen LogP) is 3.37. The van der Waals surface area contributed by atoms with Gasteiger partial charge in [0.1, 0.15) is 23.6 Å². The first-order valence-corrected chi connectivity index (χ1v) is 9.26. The SMILES string of the molecule is O=C(NCCOc1cccc2cccnc12)C1CCOc2ccccc2C1. The topological polar surface area (TPSA) is 60.5 Å². The molecule has 1 aliphatic rings. The number of carbonyl (C=O) groups is 1. The molecule has 1 atom stereocenters. The molecule has 0 saturated heterocycles. The fourth-order valence-corrected chi connectivity index (χ4v) is 3.39. The first kappa shape index (κ1) is 17.3. The molecule has 0 aliphatic carbocycles. The van der Waals surface area contributed by atoms with Crippen LogP contribution in [-0.4, -0.2) is 30.6 Å². The molecule has 2 aromatic carbocycles. The minimum atomic E-state index is -0.0760. The molecule has 2 heterocycles. The highest BCUT2D eigenvalue weighted by Crippen LogP contribution is 2.26. The van der Waals surface area contributed by atoms with Gasteiger partial charge in [-0.15, -0.1) is 0 Å². The van der Waals surface area contributed by atoms with Crippen molar-refractivity contribution >= 4 is 16.8 Å². The molecular weight excluding hydrogens is 340 g/mol. The maximum absolute atomic E-state index is 12.5. The number of nitrogens with zero attached hydrogens (tertiary/aromatic N) is 1. The van der Waals surface area contributed by atoms with Gasteiger partial charge in [0.25, 0.3) is 0 Å². The molecule has 1 aromatic heterocycles. The van der Waals surface area contributed by atoms with Gasteiger partial charge in [0, 0.05) is 17.5 Å². The van der Waals surface area contributed by atoms with Gasteiger partial charge in [-0.2, -0.15) is 0 Å². The maximum Gasteiger partial charge on any atom is 0.223 e. The molecule has 1 N–H and O–H groups in total. The van der Waals surface area contributed by atoms with Crippen molar-refractivity contribution in [3.8, 4) is 11.5 Å². The van der Waals surface area contributed by atoms with E-state index in [2.05, 4.69) is 10.3 Å². The van der Waals surface area contributed by atoms with Crippen LogP contribution in [-0.2, 0) is 11.2 Å². The number of para-hydroxylation sites is 2. The second-order valence-corrected chi connectivity index (χ2v) is 6.62. The first-order chi connectivity index (χ1) is 13.3. The summed E-state index contributed by atoms with van der Waals surface area (Å²) in [6.07, 6.45) is 3.17. The highest BCUT2D eigenvalue weighted by molar-refractivity contribution is 5.84. The molecule has 27 heavy (non-hydrogen) atoms. The van der Waals surface area contributed by atoms with E-state index in [1.54, 1.807) is 6.20 Å². The van der Waals surface area contributed by atoms with Crippen molar-refractivity contribution in [1.29, 1.82) is 0 Å². The molecule has 0 radical (unpaired) electrons. The van der Waals surface area contributed by atoms with Gasteiger partial charge in [-0.05, 0) is 36.6 Å². The van der Waals surface area contributed by atoms with Crippen LogP contribution in [0, 0.1) is 5.92 Å².